The van der Waals surface area contributed by atoms with E-state index in [0.29, 0.717) is 11.8 Å². The number of nitrogens with one attached hydrogen (secondary N) is 1. The fraction of sp³-hybridized carbons (Fsp3) is 0.818. The lowest BCUT2D eigenvalue weighted by molar-refractivity contribution is -0.124. The quantitative estimate of drug-likeness (QED) is 0.652. The summed E-state index contributed by atoms with van der Waals surface area (Å²) >= 11 is 0. The van der Waals surface area contributed by atoms with Crippen LogP contribution in [0.1, 0.15) is 46.5 Å². The highest BCUT2D eigenvalue weighted by atomic mass is 16.2. The van der Waals surface area contributed by atoms with E-state index in [1.165, 1.54) is 0 Å². The largest absolute Gasteiger partial charge is 0.368 e. The first-order valence-corrected chi connectivity index (χ1v) is 5.36. The van der Waals surface area contributed by atoms with Gasteiger partial charge in [-0.1, -0.05) is 27.2 Å². The van der Waals surface area contributed by atoms with Crippen LogP contribution in [0.2, 0.25) is 0 Å². The lowest BCUT2D eigenvalue weighted by Crippen LogP contribution is -2.33. The van der Waals surface area contributed by atoms with Gasteiger partial charge in [-0.3, -0.25) is 9.59 Å². The highest BCUT2D eigenvalue weighted by molar-refractivity contribution is 5.83. The van der Waals surface area contributed by atoms with E-state index in [4.69, 9.17) is 5.73 Å². The number of primary amides is 1. The van der Waals surface area contributed by atoms with Crippen LogP contribution in [0.3, 0.4) is 0 Å². The van der Waals surface area contributed by atoms with Gasteiger partial charge in [0, 0.05) is 6.42 Å². The fourth-order valence-electron chi connectivity index (χ4n) is 1.21. The highest BCUT2D eigenvalue weighted by Crippen LogP contribution is 2.21. The Hall–Kier alpha value is -1.06. The summed E-state index contributed by atoms with van der Waals surface area (Å²) in [6.07, 6.45) is 3.48. The summed E-state index contributed by atoms with van der Waals surface area (Å²) in [5.74, 6) is -0.597. The zero-order valence-electron chi connectivity index (χ0n) is 9.93. The van der Waals surface area contributed by atoms with Crippen molar-refractivity contribution in [1.29, 1.82) is 0 Å². The molecule has 2 amide bonds. The molecule has 0 aromatic carbocycles. The van der Waals surface area contributed by atoms with Gasteiger partial charge >= 0.3 is 0 Å². The zero-order valence-corrected chi connectivity index (χ0v) is 9.93. The van der Waals surface area contributed by atoms with Crippen LogP contribution in [-0.2, 0) is 9.59 Å². The minimum absolute atomic E-state index is 0.0574. The number of rotatable bonds is 6. The van der Waals surface area contributed by atoms with Gasteiger partial charge in [0.15, 0.2) is 0 Å². The molecule has 0 aliphatic rings. The van der Waals surface area contributed by atoms with Crippen molar-refractivity contribution in [3.63, 3.8) is 0 Å². The van der Waals surface area contributed by atoms with Crippen molar-refractivity contribution in [3.05, 3.63) is 0 Å². The summed E-state index contributed by atoms with van der Waals surface area (Å²) < 4.78 is 0. The maximum absolute atomic E-state index is 11.2. The second-order valence-corrected chi connectivity index (χ2v) is 5.01. The van der Waals surface area contributed by atoms with Gasteiger partial charge in [-0.05, 0) is 18.3 Å². The molecule has 3 N–H and O–H groups in total. The number of amides is 2. The summed E-state index contributed by atoms with van der Waals surface area (Å²) in [4.78, 5) is 21.5. The number of hydrogen-bond acceptors (Lipinski definition) is 2. The van der Waals surface area contributed by atoms with Crippen molar-refractivity contribution in [2.75, 3.05) is 6.54 Å². The normalized spacial score (nSPS) is 11.1. The number of nitrogens with two attached hydrogens (primary N) is 1. The summed E-state index contributed by atoms with van der Waals surface area (Å²) in [5, 5.41) is 2.47. The molecule has 0 aliphatic heterocycles. The topological polar surface area (TPSA) is 72.2 Å². The Bertz CT molecular complexity index is 219. The molecule has 0 saturated carbocycles. The van der Waals surface area contributed by atoms with Crippen LogP contribution in [0.15, 0.2) is 0 Å². The van der Waals surface area contributed by atoms with Gasteiger partial charge < -0.3 is 11.1 Å². The van der Waals surface area contributed by atoms with Gasteiger partial charge in [-0.25, -0.2) is 0 Å². The lowest BCUT2D eigenvalue weighted by Gasteiger charge is -2.17. The Labute approximate surface area is 91.6 Å². The molecule has 0 aromatic heterocycles. The molecule has 0 fully saturated rings. The fourth-order valence-corrected chi connectivity index (χ4v) is 1.21. The predicted octanol–water partition coefficient (Wildman–Crippen LogP) is 1.19. The summed E-state index contributed by atoms with van der Waals surface area (Å²) in [7, 11) is 0. The molecular weight excluding hydrogens is 192 g/mol. The third-order valence-electron chi connectivity index (χ3n) is 2.04. The van der Waals surface area contributed by atoms with Gasteiger partial charge in [0.25, 0.3) is 0 Å². The molecule has 15 heavy (non-hydrogen) atoms. The molecule has 0 unspecified atom stereocenters. The molecule has 0 saturated heterocycles. The van der Waals surface area contributed by atoms with Gasteiger partial charge in [0.05, 0.1) is 6.54 Å². The second kappa shape index (κ2) is 6.43. The molecule has 88 valence electrons. The van der Waals surface area contributed by atoms with Gasteiger partial charge in [0.2, 0.25) is 11.8 Å². The standard InChI is InChI=1S/C11H22N2O2/c1-11(2,3)7-5-4-6-10(15)13-8-9(12)14/h4-8H2,1-3H3,(H2,12,14)(H,13,15). The minimum atomic E-state index is -0.502. The molecule has 0 rings (SSSR count). The summed E-state index contributed by atoms with van der Waals surface area (Å²) in [6.45, 7) is 6.48. The second-order valence-electron chi connectivity index (χ2n) is 5.01. The van der Waals surface area contributed by atoms with E-state index >= 15 is 0 Å². The maximum Gasteiger partial charge on any atom is 0.236 e. The molecule has 0 spiro atoms. The molecule has 0 atom stereocenters. The van der Waals surface area contributed by atoms with Gasteiger partial charge in [-0.2, -0.15) is 0 Å². The van der Waals surface area contributed by atoms with Gasteiger partial charge in [0.1, 0.15) is 0 Å². The van der Waals surface area contributed by atoms with E-state index in [2.05, 4.69) is 26.1 Å². The van der Waals surface area contributed by atoms with E-state index in [1.54, 1.807) is 0 Å². The van der Waals surface area contributed by atoms with E-state index in [-0.39, 0.29) is 12.5 Å². The monoisotopic (exact) mass is 214 g/mol. The van der Waals surface area contributed by atoms with E-state index < -0.39 is 5.91 Å². The molecule has 0 aromatic rings. The minimum Gasteiger partial charge on any atom is -0.368 e. The Balaban J connectivity index is 3.44. The number of unbranched alkanes of at least 4 members (excludes halogenated alkanes) is 1. The Kier molecular flexibility index (Phi) is 5.97. The zero-order chi connectivity index (χ0) is 11.9. The SMILES string of the molecule is CC(C)(C)CCCCC(=O)NCC(N)=O. The average molecular weight is 214 g/mol. The Morgan fingerprint density at radius 1 is 1.20 bits per heavy atom. The van der Waals surface area contributed by atoms with Crippen LogP contribution in [0, 0.1) is 5.41 Å². The van der Waals surface area contributed by atoms with Crippen molar-refractivity contribution < 1.29 is 9.59 Å². The molecule has 0 radical (unpaired) electrons. The van der Waals surface area contributed by atoms with Crippen molar-refractivity contribution in [2.45, 2.75) is 46.5 Å². The van der Waals surface area contributed by atoms with Crippen molar-refractivity contribution in [3.8, 4) is 0 Å². The third kappa shape index (κ3) is 10.9. The first-order chi connectivity index (χ1) is 6.81. The third-order valence-corrected chi connectivity index (χ3v) is 2.04. The first-order valence-electron chi connectivity index (χ1n) is 5.36. The van der Waals surface area contributed by atoms with Crippen LogP contribution < -0.4 is 11.1 Å². The maximum atomic E-state index is 11.2. The molecular formula is C11H22N2O2. The van der Waals surface area contributed by atoms with Crippen molar-refractivity contribution in [1.82, 2.24) is 5.32 Å². The smallest absolute Gasteiger partial charge is 0.236 e. The Morgan fingerprint density at radius 3 is 2.27 bits per heavy atom. The average Bonchev–Trinajstić information content (AvgIpc) is 2.07. The number of carbonyl (C=O) groups is 2. The number of hydrogen-bond donors (Lipinski definition) is 2. The Morgan fingerprint density at radius 2 is 1.80 bits per heavy atom. The molecule has 0 heterocycles. The molecule has 4 heteroatoms. The number of carbonyl (C=O) groups excluding carboxylic acids is 2. The van der Waals surface area contributed by atoms with E-state index in [1.807, 2.05) is 0 Å². The van der Waals surface area contributed by atoms with Crippen LogP contribution in [-0.4, -0.2) is 18.4 Å². The summed E-state index contributed by atoms with van der Waals surface area (Å²) in [5.41, 5.74) is 5.22. The van der Waals surface area contributed by atoms with Crippen LogP contribution >= 0.6 is 0 Å². The molecule has 0 bridgehead atoms. The highest BCUT2D eigenvalue weighted by Gasteiger charge is 2.09. The van der Waals surface area contributed by atoms with E-state index in [0.717, 1.165) is 19.3 Å². The lowest BCUT2D eigenvalue weighted by atomic mass is 9.89. The van der Waals surface area contributed by atoms with Crippen LogP contribution in [0.5, 0.6) is 0 Å². The first kappa shape index (κ1) is 13.9. The van der Waals surface area contributed by atoms with Crippen LogP contribution in [0.25, 0.3) is 0 Å². The predicted molar refractivity (Wildman–Crippen MR) is 60.1 cm³/mol. The van der Waals surface area contributed by atoms with Crippen molar-refractivity contribution >= 4 is 11.8 Å². The van der Waals surface area contributed by atoms with Crippen molar-refractivity contribution in [2.24, 2.45) is 11.1 Å². The molecule has 0 aliphatic carbocycles. The van der Waals surface area contributed by atoms with E-state index in [9.17, 15) is 9.59 Å². The van der Waals surface area contributed by atoms with Gasteiger partial charge in [-0.15, -0.1) is 0 Å². The summed E-state index contributed by atoms with van der Waals surface area (Å²) in [6, 6.07) is 0. The van der Waals surface area contributed by atoms with Crippen LogP contribution in [0.4, 0.5) is 0 Å². The molecule has 4 nitrogen and oxygen atoms in total.